The zero-order valence-corrected chi connectivity index (χ0v) is 13.6. The van der Waals surface area contributed by atoms with Crippen LogP contribution in [0.15, 0.2) is 18.2 Å². The Morgan fingerprint density at radius 2 is 2.05 bits per heavy atom. The van der Waals surface area contributed by atoms with Crippen LogP contribution in [0.3, 0.4) is 0 Å². The van der Waals surface area contributed by atoms with Crippen molar-refractivity contribution in [2.75, 3.05) is 26.7 Å². The van der Waals surface area contributed by atoms with Crippen molar-refractivity contribution in [2.45, 2.75) is 46.1 Å². The van der Waals surface area contributed by atoms with Crippen molar-refractivity contribution >= 4 is 0 Å². The lowest BCUT2D eigenvalue weighted by atomic mass is 9.98. The van der Waals surface area contributed by atoms with E-state index in [1.807, 2.05) is 0 Å². The van der Waals surface area contributed by atoms with Crippen molar-refractivity contribution in [3.63, 3.8) is 0 Å². The molecule has 0 saturated heterocycles. The normalized spacial score (nSPS) is 16.6. The van der Waals surface area contributed by atoms with Crippen LogP contribution in [0.4, 0.5) is 0 Å². The number of rotatable bonds is 8. The van der Waals surface area contributed by atoms with Gasteiger partial charge in [-0.3, -0.25) is 0 Å². The van der Waals surface area contributed by atoms with E-state index in [0.29, 0.717) is 6.04 Å². The van der Waals surface area contributed by atoms with Gasteiger partial charge < -0.3 is 10.2 Å². The van der Waals surface area contributed by atoms with Gasteiger partial charge in [0.25, 0.3) is 0 Å². The molecule has 0 spiro atoms. The van der Waals surface area contributed by atoms with Gasteiger partial charge in [-0.25, -0.2) is 0 Å². The van der Waals surface area contributed by atoms with Crippen molar-refractivity contribution in [3.8, 4) is 0 Å². The third kappa shape index (κ3) is 4.32. The Morgan fingerprint density at radius 1 is 1.30 bits per heavy atom. The van der Waals surface area contributed by atoms with E-state index < -0.39 is 0 Å². The molecule has 1 aromatic carbocycles. The Hall–Kier alpha value is -0.860. The number of hydrogen-bond donors (Lipinski definition) is 1. The van der Waals surface area contributed by atoms with Crippen molar-refractivity contribution in [1.82, 2.24) is 10.2 Å². The summed E-state index contributed by atoms with van der Waals surface area (Å²) < 4.78 is 0. The Bertz CT molecular complexity index is 423. The molecule has 2 nitrogen and oxygen atoms in total. The molecule has 0 aromatic heterocycles. The van der Waals surface area contributed by atoms with E-state index in [2.05, 4.69) is 56.2 Å². The van der Waals surface area contributed by atoms with Gasteiger partial charge >= 0.3 is 0 Å². The van der Waals surface area contributed by atoms with Gasteiger partial charge in [-0.1, -0.05) is 30.7 Å². The third-order valence-electron chi connectivity index (χ3n) is 4.34. The minimum Gasteiger partial charge on any atom is -0.312 e. The van der Waals surface area contributed by atoms with Gasteiger partial charge in [-0.2, -0.15) is 0 Å². The second-order valence-corrected chi connectivity index (χ2v) is 6.40. The molecule has 0 radical (unpaired) electrons. The fourth-order valence-corrected chi connectivity index (χ4v) is 3.06. The van der Waals surface area contributed by atoms with E-state index in [1.165, 1.54) is 49.0 Å². The number of hydrogen-bond acceptors (Lipinski definition) is 2. The molecule has 2 rings (SSSR count). The number of likely N-dealkylation sites (N-methyl/N-ethyl adjacent to an activating group) is 1. The molecule has 1 fully saturated rings. The van der Waals surface area contributed by atoms with Crippen LogP contribution in [-0.2, 0) is 0 Å². The van der Waals surface area contributed by atoms with Crippen molar-refractivity contribution < 1.29 is 0 Å². The Morgan fingerprint density at radius 3 is 2.60 bits per heavy atom. The minimum absolute atomic E-state index is 0.445. The lowest BCUT2D eigenvalue weighted by Gasteiger charge is -2.28. The van der Waals surface area contributed by atoms with Crippen molar-refractivity contribution in [2.24, 2.45) is 5.92 Å². The molecule has 20 heavy (non-hydrogen) atoms. The molecular weight excluding hydrogens is 244 g/mol. The SMILES string of the molecule is CCCN(CC1CC1)CC(NC)c1ccc(C)cc1C. The van der Waals surface area contributed by atoms with E-state index in [0.717, 1.165) is 12.5 Å². The first-order valence-electron chi connectivity index (χ1n) is 8.10. The highest BCUT2D eigenvalue weighted by molar-refractivity contribution is 5.33. The number of nitrogens with zero attached hydrogens (tertiary/aromatic N) is 1. The molecule has 1 N–H and O–H groups in total. The van der Waals surface area contributed by atoms with Crippen LogP contribution in [-0.4, -0.2) is 31.6 Å². The summed E-state index contributed by atoms with van der Waals surface area (Å²) in [6, 6.07) is 7.27. The molecule has 0 heterocycles. The zero-order chi connectivity index (χ0) is 14.5. The molecular formula is C18H30N2. The Labute approximate surface area is 124 Å². The molecule has 0 aliphatic heterocycles. The Kier molecular flexibility index (Phi) is 5.62. The van der Waals surface area contributed by atoms with Crippen LogP contribution in [0.25, 0.3) is 0 Å². The smallest absolute Gasteiger partial charge is 0.0449 e. The molecule has 1 aliphatic rings. The van der Waals surface area contributed by atoms with Crippen LogP contribution in [0.5, 0.6) is 0 Å². The predicted molar refractivity (Wildman–Crippen MR) is 87.2 cm³/mol. The highest BCUT2D eigenvalue weighted by Crippen LogP contribution is 2.30. The summed E-state index contributed by atoms with van der Waals surface area (Å²) in [7, 11) is 2.09. The first kappa shape index (κ1) is 15.5. The van der Waals surface area contributed by atoms with Gasteiger partial charge in [0.1, 0.15) is 0 Å². The summed E-state index contributed by atoms with van der Waals surface area (Å²) in [5, 5.41) is 3.52. The number of nitrogens with one attached hydrogen (secondary N) is 1. The summed E-state index contributed by atoms with van der Waals surface area (Å²) in [6.07, 6.45) is 4.12. The van der Waals surface area contributed by atoms with Crippen molar-refractivity contribution in [3.05, 3.63) is 34.9 Å². The third-order valence-corrected chi connectivity index (χ3v) is 4.34. The first-order chi connectivity index (χ1) is 9.63. The van der Waals surface area contributed by atoms with E-state index in [-0.39, 0.29) is 0 Å². The summed E-state index contributed by atoms with van der Waals surface area (Å²) in [5.41, 5.74) is 4.21. The second kappa shape index (κ2) is 7.24. The predicted octanol–water partition coefficient (Wildman–Crippen LogP) is 3.69. The lowest BCUT2D eigenvalue weighted by Crippen LogP contribution is -2.36. The summed E-state index contributed by atoms with van der Waals surface area (Å²) in [6.45, 7) is 10.3. The molecule has 1 saturated carbocycles. The zero-order valence-electron chi connectivity index (χ0n) is 13.6. The van der Waals surface area contributed by atoms with Gasteiger partial charge in [0, 0.05) is 19.1 Å². The summed E-state index contributed by atoms with van der Waals surface area (Å²) in [5.74, 6) is 0.971. The monoisotopic (exact) mass is 274 g/mol. The van der Waals surface area contributed by atoms with Gasteiger partial charge in [0.05, 0.1) is 0 Å². The maximum Gasteiger partial charge on any atom is 0.0449 e. The van der Waals surface area contributed by atoms with Gasteiger partial charge in [-0.15, -0.1) is 0 Å². The first-order valence-corrected chi connectivity index (χ1v) is 8.10. The average Bonchev–Trinajstić information content (AvgIpc) is 3.20. The van der Waals surface area contributed by atoms with Crippen LogP contribution >= 0.6 is 0 Å². The fourth-order valence-electron chi connectivity index (χ4n) is 3.06. The van der Waals surface area contributed by atoms with Gasteiger partial charge in [0.2, 0.25) is 0 Å². The molecule has 1 aliphatic carbocycles. The molecule has 1 aromatic rings. The van der Waals surface area contributed by atoms with Gasteiger partial charge in [0.15, 0.2) is 0 Å². The van der Waals surface area contributed by atoms with E-state index in [9.17, 15) is 0 Å². The van der Waals surface area contributed by atoms with E-state index >= 15 is 0 Å². The minimum atomic E-state index is 0.445. The van der Waals surface area contributed by atoms with E-state index in [4.69, 9.17) is 0 Å². The molecule has 1 atom stereocenters. The summed E-state index contributed by atoms with van der Waals surface area (Å²) in [4.78, 5) is 2.65. The highest BCUT2D eigenvalue weighted by Gasteiger charge is 2.25. The quantitative estimate of drug-likeness (QED) is 0.778. The summed E-state index contributed by atoms with van der Waals surface area (Å²) >= 11 is 0. The van der Waals surface area contributed by atoms with Gasteiger partial charge in [-0.05, 0) is 63.7 Å². The van der Waals surface area contributed by atoms with Crippen LogP contribution in [0.1, 0.15) is 48.9 Å². The highest BCUT2D eigenvalue weighted by atomic mass is 15.1. The molecule has 2 heteroatoms. The van der Waals surface area contributed by atoms with Crippen LogP contribution in [0.2, 0.25) is 0 Å². The molecule has 0 amide bonds. The van der Waals surface area contributed by atoms with Crippen molar-refractivity contribution in [1.29, 1.82) is 0 Å². The van der Waals surface area contributed by atoms with Crippen LogP contribution < -0.4 is 5.32 Å². The van der Waals surface area contributed by atoms with Crippen LogP contribution in [0, 0.1) is 19.8 Å². The largest absolute Gasteiger partial charge is 0.312 e. The average molecular weight is 274 g/mol. The molecule has 1 unspecified atom stereocenters. The maximum absolute atomic E-state index is 3.52. The second-order valence-electron chi connectivity index (χ2n) is 6.40. The fraction of sp³-hybridized carbons (Fsp3) is 0.667. The Balaban J connectivity index is 2.05. The lowest BCUT2D eigenvalue weighted by molar-refractivity contribution is 0.237. The number of benzene rings is 1. The number of aryl methyl sites for hydroxylation is 2. The molecule has 112 valence electrons. The van der Waals surface area contributed by atoms with E-state index in [1.54, 1.807) is 0 Å². The molecule has 0 bridgehead atoms. The standard InChI is InChI=1S/C18H30N2/c1-5-10-20(12-16-7-8-16)13-18(19-4)17-9-6-14(2)11-15(17)3/h6,9,11,16,18-19H,5,7-8,10,12-13H2,1-4H3. The topological polar surface area (TPSA) is 15.3 Å². The maximum atomic E-state index is 3.52.